The van der Waals surface area contributed by atoms with Gasteiger partial charge in [0.15, 0.2) is 0 Å². The summed E-state index contributed by atoms with van der Waals surface area (Å²) in [5, 5.41) is 19.1. The van der Waals surface area contributed by atoms with Crippen molar-refractivity contribution >= 4 is 24.3 Å². The summed E-state index contributed by atoms with van der Waals surface area (Å²) < 4.78 is 5.71. The van der Waals surface area contributed by atoms with Gasteiger partial charge in [-0.3, -0.25) is 0 Å². The smallest absolute Gasteiger partial charge is 0.107 e. The maximum absolute atomic E-state index is 9.90. The van der Waals surface area contributed by atoms with Crippen molar-refractivity contribution in [1.82, 2.24) is 0 Å². The maximum atomic E-state index is 9.90. The summed E-state index contributed by atoms with van der Waals surface area (Å²) in [6, 6.07) is 26.9. The third-order valence-electron chi connectivity index (χ3n) is 5.38. The van der Waals surface area contributed by atoms with Gasteiger partial charge in [0.05, 0.1) is 18.8 Å². The summed E-state index contributed by atoms with van der Waals surface area (Å²) in [7, 11) is 0. The van der Waals surface area contributed by atoms with Crippen molar-refractivity contribution in [3.63, 3.8) is 0 Å². The van der Waals surface area contributed by atoms with Crippen LogP contribution in [0.4, 0.5) is 0 Å². The first kappa shape index (κ1) is 20.3. The zero-order valence-electron chi connectivity index (χ0n) is 16.8. The molecule has 30 heavy (non-hydrogen) atoms. The Bertz CT molecular complexity index is 989. The molecule has 1 fully saturated rings. The van der Waals surface area contributed by atoms with E-state index in [0.29, 0.717) is 6.42 Å². The minimum Gasteiger partial charge on any atom is -0.394 e. The van der Waals surface area contributed by atoms with Gasteiger partial charge in [0, 0.05) is 6.42 Å². The van der Waals surface area contributed by atoms with Crippen molar-refractivity contribution in [3.05, 3.63) is 107 Å². The minimum absolute atomic E-state index is 0.153. The second-order valence-corrected chi connectivity index (χ2v) is 7.56. The molecule has 1 aliphatic rings. The molecule has 3 aromatic rings. The first-order chi connectivity index (χ1) is 14.7. The number of hydrogen-bond donors (Lipinski definition) is 2. The van der Waals surface area contributed by atoms with E-state index in [1.54, 1.807) is 0 Å². The molecule has 1 aliphatic heterocycles. The van der Waals surface area contributed by atoms with E-state index in [4.69, 9.17) is 4.74 Å². The molecule has 3 heteroatoms. The van der Waals surface area contributed by atoms with Crippen molar-refractivity contribution in [2.24, 2.45) is 0 Å². The molecule has 1 heterocycles. The van der Waals surface area contributed by atoms with Gasteiger partial charge in [-0.25, -0.2) is 0 Å². The monoisotopic (exact) mass is 398 g/mol. The molecule has 2 N–H and O–H groups in total. The quantitative estimate of drug-likeness (QED) is 0.561. The molecule has 0 aliphatic carbocycles. The molecule has 3 atom stereocenters. The molecule has 0 aromatic heterocycles. The van der Waals surface area contributed by atoms with Crippen molar-refractivity contribution in [3.8, 4) is 0 Å². The molecule has 3 aromatic carbocycles. The highest BCUT2D eigenvalue weighted by Crippen LogP contribution is 2.33. The molecule has 1 unspecified atom stereocenters. The van der Waals surface area contributed by atoms with E-state index in [1.807, 2.05) is 42.5 Å². The molecule has 0 spiro atoms. The Morgan fingerprint density at radius 3 is 1.63 bits per heavy atom. The molecule has 0 bridgehead atoms. The van der Waals surface area contributed by atoms with Crippen LogP contribution < -0.4 is 0 Å². The Hall–Kier alpha value is -2.98. The van der Waals surface area contributed by atoms with E-state index in [1.165, 1.54) is 11.1 Å². The highest BCUT2D eigenvalue weighted by Gasteiger charge is 2.33. The van der Waals surface area contributed by atoms with Crippen LogP contribution in [-0.2, 0) is 4.74 Å². The topological polar surface area (TPSA) is 49.7 Å². The zero-order valence-corrected chi connectivity index (χ0v) is 16.8. The molecular formula is C27H26O3. The Labute approximate surface area is 177 Å². The van der Waals surface area contributed by atoms with Gasteiger partial charge in [0.2, 0.25) is 0 Å². The van der Waals surface area contributed by atoms with Gasteiger partial charge in [0.25, 0.3) is 0 Å². The second-order valence-electron chi connectivity index (χ2n) is 7.56. The van der Waals surface area contributed by atoms with Gasteiger partial charge < -0.3 is 14.9 Å². The number of benzene rings is 3. The lowest BCUT2D eigenvalue weighted by atomic mass is 10.0. The average Bonchev–Trinajstić information content (AvgIpc) is 3.18. The largest absolute Gasteiger partial charge is 0.394 e. The summed E-state index contributed by atoms with van der Waals surface area (Å²) in [4.78, 5) is 0. The van der Waals surface area contributed by atoms with Crippen molar-refractivity contribution < 1.29 is 14.9 Å². The highest BCUT2D eigenvalue weighted by molar-refractivity contribution is 5.73. The molecule has 1 saturated heterocycles. The summed E-state index contributed by atoms with van der Waals surface area (Å²) in [5.41, 5.74) is 5.62. The van der Waals surface area contributed by atoms with Gasteiger partial charge in [-0.15, -0.1) is 0 Å². The van der Waals surface area contributed by atoms with Crippen LogP contribution in [0.2, 0.25) is 0 Å². The molecule has 152 valence electrons. The second kappa shape index (κ2) is 9.68. The van der Waals surface area contributed by atoms with E-state index < -0.39 is 12.2 Å². The van der Waals surface area contributed by atoms with Gasteiger partial charge in [0.1, 0.15) is 6.10 Å². The lowest BCUT2D eigenvalue weighted by Crippen LogP contribution is -2.24. The number of ether oxygens (including phenoxy) is 1. The van der Waals surface area contributed by atoms with E-state index in [2.05, 4.69) is 60.7 Å². The summed E-state index contributed by atoms with van der Waals surface area (Å²) in [5.74, 6) is 0. The Morgan fingerprint density at radius 2 is 1.17 bits per heavy atom. The van der Waals surface area contributed by atoms with E-state index >= 15 is 0 Å². The third-order valence-corrected chi connectivity index (χ3v) is 5.38. The molecule has 0 radical (unpaired) electrons. The fourth-order valence-corrected chi connectivity index (χ4v) is 3.60. The molecule has 4 rings (SSSR count). The first-order valence-corrected chi connectivity index (χ1v) is 10.3. The first-order valence-electron chi connectivity index (χ1n) is 10.3. The van der Waals surface area contributed by atoms with E-state index in [9.17, 15) is 10.2 Å². The Kier molecular flexibility index (Phi) is 6.55. The van der Waals surface area contributed by atoms with Gasteiger partial charge in [-0.2, -0.15) is 0 Å². The average molecular weight is 399 g/mol. The lowest BCUT2D eigenvalue weighted by Gasteiger charge is -2.12. The van der Waals surface area contributed by atoms with Crippen molar-refractivity contribution in [2.75, 3.05) is 6.61 Å². The van der Waals surface area contributed by atoms with Crippen molar-refractivity contribution in [2.45, 2.75) is 24.7 Å². The standard InChI is InChI=1S/C27H26O3/c28-19-27-25(29)18-26(30-27)24-16-14-23(15-17-24)13-12-22-10-8-21(9-11-22)7-6-20-4-2-1-3-5-20/h1-17,25-29H,18-19H2/t25?,26-,27+/m0/s1. The fraction of sp³-hybridized carbons (Fsp3) is 0.185. The Morgan fingerprint density at radius 1 is 0.700 bits per heavy atom. The highest BCUT2D eigenvalue weighted by atomic mass is 16.5. The number of aliphatic hydroxyl groups is 2. The number of aliphatic hydroxyl groups excluding tert-OH is 2. The molecule has 0 saturated carbocycles. The maximum Gasteiger partial charge on any atom is 0.107 e. The normalized spacial score (nSPS) is 21.6. The van der Waals surface area contributed by atoms with Crippen LogP contribution in [0.25, 0.3) is 24.3 Å². The summed E-state index contributed by atoms with van der Waals surface area (Å²) in [6.45, 7) is -0.153. The van der Waals surface area contributed by atoms with Crippen LogP contribution in [0.1, 0.15) is 40.3 Å². The van der Waals surface area contributed by atoms with E-state index in [-0.39, 0.29) is 12.7 Å². The Balaban J connectivity index is 1.36. The van der Waals surface area contributed by atoms with E-state index in [0.717, 1.165) is 16.7 Å². The van der Waals surface area contributed by atoms with Crippen LogP contribution in [0.3, 0.4) is 0 Å². The predicted molar refractivity (Wildman–Crippen MR) is 123 cm³/mol. The van der Waals surface area contributed by atoms with Crippen molar-refractivity contribution in [1.29, 1.82) is 0 Å². The minimum atomic E-state index is -0.606. The molecule has 3 nitrogen and oxygen atoms in total. The van der Waals surface area contributed by atoms with Crippen LogP contribution in [0, 0.1) is 0 Å². The van der Waals surface area contributed by atoms with Gasteiger partial charge >= 0.3 is 0 Å². The zero-order chi connectivity index (χ0) is 20.8. The van der Waals surface area contributed by atoms with Gasteiger partial charge in [-0.05, 0) is 27.8 Å². The SMILES string of the molecule is OC[C@H]1O[C@H](c2ccc(C=Cc3ccc(C=Cc4ccccc4)cc3)cc2)CC1O. The van der Waals surface area contributed by atoms with Crippen LogP contribution in [0.15, 0.2) is 78.9 Å². The predicted octanol–water partition coefficient (Wildman–Crippen LogP) is 5.21. The number of hydrogen-bond acceptors (Lipinski definition) is 3. The molecule has 0 amide bonds. The van der Waals surface area contributed by atoms with Crippen LogP contribution in [0.5, 0.6) is 0 Å². The third kappa shape index (κ3) is 5.14. The molecular weight excluding hydrogens is 372 g/mol. The lowest BCUT2D eigenvalue weighted by molar-refractivity contribution is -0.0225. The summed E-state index contributed by atoms with van der Waals surface area (Å²) in [6.07, 6.45) is 7.67. The fourth-order valence-electron chi connectivity index (χ4n) is 3.60. The summed E-state index contributed by atoms with van der Waals surface area (Å²) >= 11 is 0. The van der Waals surface area contributed by atoms with Gasteiger partial charge in [-0.1, -0.05) is 103 Å². The van der Waals surface area contributed by atoms with Crippen LogP contribution in [-0.4, -0.2) is 29.0 Å². The number of rotatable bonds is 6. The van der Waals surface area contributed by atoms with Crippen LogP contribution >= 0.6 is 0 Å².